The van der Waals surface area contributed by atoms with E-state index in [0.29, 0.717) is 62.7 Å². The maximum Gasteiger partial charge on any atom is 0.315 e. The number of hydrogen-bond acceptors (Lipinski definition) is 9. The van der Waals surface area contributed by atoms with Crippen molar-refractivity contribution >= 4 is 35.5 Å². The first kappa shape index (κ1) is 38.3. The molecule has 0 radical (unpaired) electrons. The number of esters is 1. The van der Waals surface area contributed by atoms with Gasteiger partial charge < -0.3 is 34.9 Å². The maximum absolute atomic E-state index is 13.6. The molecule has 2 saturated carbocycles. The fraction of sp³-hybridized carbons (Fsp3) is 0.795. The smallest absolute Gasteiger partial charge is 0.315 e. The Balaban J connectivity index is 0.785. The van der Waals surface area contributed by atoms with Crippen molar-refractivity contribution < 1.29 is 38.1 Å². The van der Waals surface area contributed by atoms with Gasteiger partial charge in [-0.1, -0.05) is 44.9 Å². The van der Waals surface area contributed by atoms with Crippen LogP contribution in [-0.2, 0) is 33.3 Å². The fourth-order valence-corrected chi connectivity index (χ4v) is 11.8. The zero-order chi connectivity index (χ0) is 36.2. The summed E-state index contributed by atoms with van der Waals surface area (Å²) in [6.07, 6.45) is 9.09. The van der Waals surface area contributed by atoms with Gasteiger partial charge in [0.05, 0.1) is 57.5 Å². The Bertz CT molecular complexity index is 1370. The largest absolute Gasteiger partial charge is 0.460 e. The van der Waals surface area contributed by atoms with Crippen molar-refractivity contribution in [1.82, 2.24) is 16.0 Å². The second-order valence-electron chi connectivity index (χ2n) is 16.3. The van der Waals surface area contributed by atoms with Gasteiger partial charge >= 0.3 is 12.0 Å². The number of amides is 3. The summed E-state index contributed by atoms with van der Waals surface area (Å²) in [5.41, 5.74) is 3.55. The van der Waals surface area contributed by atoms with Crippen molar-refractivity contribution in [3.63, 3.8) is 0 Å². The third kappa shape index (κ3) is 8.54. The summed E-state index contributed by atoms with van der Waals surface area (Å²) in [6.45, 7) is 14.3. The highest BCUT2D eigenvalue weighted by Crippen LogP contribution is 2.65. The number of fused-ring (bicyclic) bond motifs is 6. The summed E-state index contributed by atoms with van der Waals surface area (Å²) >= 11 is 1.87. The SMILES string of the molecule is C=C1C(=O)[C@H]2C3=C(CC[C@H]4C(C)(C)CCC[C@]34C)C[C@@H]1[C@@H]2OC(=O)CCOCCOCCOCCCNC(=O)CCC[C@@H]1SC[C@@H]2NC(=O)N[C@@H]21. The molecule has 3 N–H and O–H groups in total. The van der Waals surface area contributed by atoms with E-state index in [1.807, 2.05) is 11.8 Å². The van der Waals surface area contributed by atoms with Crippen LogP contribution in [0.2, 0.25) is 0 Å². The molecule has 11 nitrogen and oxygen atoms in total. The molecule has 3 amide bonds. The highest BCUT2D eigenvalue weighted by Gasteiger charge is 2.61. The first-order chi connectivity index (χ1) is 24.5. The molecule has 2 aliphatic heterocycles. The highest BCUT2D eigenvalue weighted by atomic mass is 32.2. The van der Waals surface area contributed by atoms with Crippen molar-refractivity contribution in [2.75, 3.05) is 51.9 Å². The van der Waals surface area contributed by atoms with E-state index in [2.05, 4.69) is 43.3 Å². The predicted octanol–water partition coefficient (Wildman–Crippen LogP) is 4.88. The summed E-state index contributed by atoms with van der Waals surface area (Å²) in [5.74, 6) is 0.772. The Morgan fingerprint density at radius 1 is 0.961 bits per heavy atom. The molecule has 0 aromatic heterocycles. The number of ketones is 1. The van der Waals surface area contributed by atoms with Gasteiger partial charge in [0, 0.05) is 36.5 Å². The fourth-order valence-electron chi connectivity index (χ4n) is 10.2. The Morgan fingerprint density at radius 3 is 2.49 bits per heavy atom. The lowest BCUT2D eigenvalue weighted by molar-refractivity contribution is -0.155. The Labute approximate surface area is 307 Å². The van der Waals surface area contributed by atoms with Crippen LogP contribution in [0.25, 0.3) is 0 Å². The average molecular weight is 730 g/mol. The lowest BCUT2D eigenvalue weighted by atomic mass is 9.47. The first-order valence-corrected chi connectivity index (χ1v) is 20.4. The van der Waals surface area contributed by atoms with E-state index in [-0.39, 0.29) is 71.5 Å². The van der Waals surface area contributed by atoms with Crippen molar-refractivity contribution in [2.45, 2.75) is 115 Å². The molecule has 0 unspecified atom stereocenters. The number of ether oxygens (including phenoxy) is 4. The second kappa shape index (κ2) is 16.7. The molecule has 6 aliphatic rings. The number of urea groups is 1. The standard InChI is InChI=1S/C39H59N3O8S/c1-24-26-22-25-10-11-29-38(2,3)13-6-14-39(29,4)33(25)32(35(24)45)36(26)50-31(44)12-17-48-19-21-49-20-18-47-16-7-15-40-30(43)9-5-8-28-34-27(23-51-28)41-37(46)42-34/h26-29,32,34,36H,1,5-23H2,2-4H3,(H,40,43)(H2,41,42,46)/t26-,27-,28-,29-,32+,34-,36-,39-/m0/s1. The van der Waals surface area contributed by atoms with E-state index >= 15 is 0 Å². The van der Waals surface area contributed by atoms with Gasteiger partial charge in [-0.2, -0.15) is 11.8 Å². The minimum atomic E-state index is -0.451. The first-order valence-electron chi connectivity index (χ1n) is 19.3. The van der Waals surface area contributed by atoms with Gasteiger partial charge in [-0.25, -0.2) is 4.79 Å². The predicted molar refractivity (Wildman–Crippen MR) is 195 cm³/mol. The number of Topliss-reactive ketones (excluding diaryl/α,β-unsaturated/α-hetero) is 1. The molecule has 0 aromatic rings. The second-order valence-corrected chi connectivity index (χ2v) is 17.6. The van der Waals surface area contributed by atoms with Gasteiger partial charge in [0.1, 0.15) is 6.10 Å². The molecule has 2 bridgehead atoms. The van der Waals surface area contributed by atoms with Crippen LogP contribution < -0.4 is 16.0 Å². The van der Waals surface area contributed by atoms with Crippen molar-refractivity contribution in [3.05, 3.63) is 23.3 Å². The Hall–Kier alpha value is -2.41. The summed E-state index contributed by atoms with van der Waals surface area (Å²) < 4.78 is 22.9. The van der Waals surface area contributed by atoms with Crippen molar-refractivity contribution in [3.8, 4) is 0 Å². The molecule has 6 rings (SSSR count). The normalized spacial score (nSPS) is 33.3. The van der Waals surface area contributed by atoms with Crippen LogP contribution in [0.1, 0.15) is 91.4 Å². The van der Waals surface area contributed by atoms with Gasteiger partial charge in [-0.3, -0.25) is 14.4 Å². The zero-order valence-corrected chi connectivity index (χ0v) is 31.7. The lowest BCUT2D eigenvalue weighted by Gasteiger charge is -2.57. The summed E-state index contributed by atoms with van der Waals surface area (Å²) in [6, 6.07) is 0.312. The minimum Gasteiger partial charge on any atom is -0.460 e. The van der Waals surface area contributed by atoms with Crippen LogP contribution >= 0.6 is 11.8 Å². The van der Waals surface area contributed by atoms with E-state index in [0.717, 1.165) is 50.7 Å². The van der Waals surface area contributed by atoms with Crippen LogP contribution in [0.15, 0.2) is 23.3 Å². The molecule has 2 heterocycles. The third-order valence-electron chi connectivity index (χ3n) is 12.6. The molecular weight excluding hydrogens is 671 g/mol. The van der Waals surface area contributed by atoms with Crippen LogP contribution in [0.4, 0.5) is 4.79 Å². The number of carbonyl (C=O) groups excluding carboxylic acids is 4. The molecule has 284 valence electrons. The third-order valence-corrected chi connectivity index (χ3v) is 14.1. The van der Waals surface area contributed by atoms with Crippen LogP contribution in [0, 0.1) is 28.6 Å². The van der Waals surface area contributed by atoms with E-state index in [1.165, 1.54) is 24.0 Å². The Kier molecular flexibility index (Phi) is 12.6. The van der Waals surface area contributed by atoms with Crippen molar-refractivity contribution in [1.29, 1.82) is 0 Å². The molecular formula is C39H59N3O8S. The van der Waals surface area contributed by atoms with Crippen LogP contribution in [-0.4, -0.2) is 99.1 Å². The Morgan fingerprint density at radius 2 is 1.71 bits per heavy atom. The van der Waals surface area contributed by atoms with Gasteiger partial charge in [-0.15, -0.1) is 0 Å². The minimum absolute atomic E-state index is 0.0301. The molecule has 0 spiro atoms. The summed E-state index contributed by atoms with van der Waals surface area (Å²) in [5, 5.41) is 9.25. The molecule has 12 heteroatoms. The summed E-state index contributed by atoms with van der Waals surface area (Å²) in [7, 11) is 0. The summed E-state index contributed by atoms with van der Waals surface area (Å²) in [4.78, 5) is 50.3. The van der Waals surface area contributed by atoms with Gasteiger partial charge in [-0.05, 0) is 73.7 Å². The molecule has 8 atom stereocenters. The van der Waals surface area contributed by atoms with Crippen LogP contribution in [0.5, 0.6) is 0 Å². The van der Waals surface area contributed by atoms with E-state index in [4.69, 9.17) is 18.9 Å². The topological polar surface area (TPSA) is 141 Å². The zero-order valence-electron chi connectivity index (χ0n) is 30.9. The molecule has 2 saturated heterocycles. The van der Waals surface area contributed by atoms with Crippen LogP contribution in [0.3, 0.4) is 0 Å². The number of allylic oxidation sites excluding steroid dienone is 1. The maximum atomic E-state index is 13.6. The number of thioether (sulfide) groups is 1. The number of carbonyl (C=O) groups is 4. The van der Waals surface area contributed by atoms with Crippen molar-refractivity contribution in [2.24, 2.45) is 28.6 Å². The van der Waals surface area contributed by atoms with Gasteiger partial charge in [0.2, 0.25) is 5.91 Å². The van der Waals surface area contributed by atoms with E-state index in [1.54, 1.807) is 0 Å². The lowest BCUT2D eigenvalue weighted by Crippen LogP contribution is -2.50. The average Bonchev–Trinajstić information content (AvgIpc) is 3.68. The highest BCUT2D eigenvalue weighted by molar-refractivity contribution is 8.00. The van der Waals surface area contributed by atoms with E-state index < -0.39 is 6.10 Å². The number of hydrogen-bond donors (Lipinski definition) is 3. The van der Waals surface area contributed by atoms with E-state index in [9.17, 15) is 19.2 Å². The van der Waals surface area contributed by atoms with Gasteiger partial charge in [0.25, 0.3) is 0 Å². The monoisotopic (exact) mass is 729 g/mol. The quantitative estimate of drug-likeness (QED) is 0.0592. The molecule has 0 aromatic carbocycles. The molecule has 4 fully saturated rings. The number of rotatable bonds is 18. The molecule has 51 heavy (non-hydrogen) atoms. The number of nitrogens with one attached hydrogen (secondary N) is 3. The van der Waals surface area contributed by atoms with Gasteiger partial charge in [0.15, 0.2) is 5.78 Å². The molecule has 4 aliphatic carbocycles.